The molecule has 1 fully saturated rings. The quantitative estimate of drug-likeness (QED) is 0.236. The van der Waals surface area contributed by atoms with Crippen LogP contribution in [0.25, 0.3) is 5.82 Å². The van der Waals surface area contributed by atoms with Crippen molar-refractivity contribution in [2.75, 3.05) is 6.54 Å². The van der Waals surface area contributed by atoms with Crippen LogP contribution in [0.1, 0.15) is 49.3 Å². The predicted octanol–water partition coefficient (Wildman–Crippen LogP) is 4.77. The van der Waals surface area contributed by atoms with Crippen molar-refractivity contribution >= 4 is 29.9 Å². The van der Waals surface area contributed by atoms with Crippen molar-refractivity contribution in [2.24, 2.45) is 4.99 Å². The normalized spacial score (nSPS) is 14.1. The van der Waals surface area contributed by atoms with E-state index < -0.39 is 0 Å². The first-order valence-electron chi connectivity index (χ1n) is 11.4. The Balaban J connectivity index is 0.00000306. The molecule has 4 rings (SSSR count). The van der Waals surface area contributed by atoms with Crippen molar-refractivity contribution in [1.29, 1.82) is 0 Å². The van der Waals surface area contributed by atoms with Gasteiger partial charge in [0, 0.05) is 37.2 Å². The number of guanidine groups is 1. The summed E-state index contributed by atoms with van der Waals surface area (Å²) in [6.07, 6.45) is 12.4. The van der Waals surface area contributed by atoms with Crippen molar-refractivity contribution in [3.8, 4) is 11.6 Å². The molecule has 0 amide bonds. The Bertz CT molecular complexity index is 1010. The zero-order chi connectivity index (χ0) is 22.2. The van der Waals surface area contributed by atoms with Crippen LogP contribution in [0.3, 0.4) is 0 Å². The highest BCUT2D eigenvalue weighted by molar-refractivity contribution is 14.0. The lowest BCUT2D eigenvalue weighted by Crippen LogP contribution is -2.37. The Morgan fingerprint density at radius 1 is 1.18 bits per heavy atom. The maximum atomic E-state index is 6.34. The van der Waals surface area contributed by atoms with Crippen molar-refractivity contribution < 1.29 is 4.74 Å². The molecular formula is C25H33IN6O. The zero-order valence-electron chi connectivity index (χ0n) is 19.3. The van der Waals surface area contributed by atoms with E-state index in [1.807, 2.05) is 29.1 Å². The molecule has 7 nitrogen and oxygen atoms in total. The fourth-order valence-electron chi connectivity index (χ4n) is 3.85. The number of aromatic nitrogens is 3. The van der Waals surface area contributed by atoms with Crippen LogP contribution in [0.5, 0.6) is 5.75 Å². The van der Waals surface area contributed by atoms with Crippen LogP contribution >= 0.6 is 24.0 Å². The molecule has 1 aliphatic rings. The number of halogens is 1. The summed E-state index contributed by atoms with van der Waals surface area (Å²) >= 11 is 0. The molecule has 0 spiro atoms. The van der Waals surface area contributed by atoms with Gasteiger partial charge in [0.15, 0.2) is 5.96 Å². The van der Waals surface area contributed by atoms with Crippen LogP contribution in [0.2, 0.25) is 0 Å². The molecule has 0 atom stereocenters. The Hall–Kier alpha value is -2.62. The van der Waals surface area contributed by atoms with E-state index in [-0.39, 0.29) is 24.0 Å². The molecule has 176 valence electrons. The van der Waals surface area contributed by atoms with Gasteiger partial charge in [-0.05, 0) is 62.8 Å². The number of rotatable bonds is 8. The molecule has 2 N–H and O–H groups in total. The van der Waals surface area contributed by atoms with Gasteiger partial charge in [0.2, 0.25) is 0 Å². The van der Waals surface area contributed by atoms with Gasteiger partial charge in [-0.1, -0.05) is 18.2 Å². The number of pyridine rings is 1. The first-order chi connectivity index (χ1) is 15.7. The van der Waals surface area contributed by atoms with Gasteiger partial charge >= 0.3 is 0 Å². The third kappa shape index (κ3) is 7.18. The minimum Gasteiger partial charge on any atom is -0.490 e. The summed E-state index contributed by atoms with van der Waals surface area (Å²) < 4.78 is 8.22. The van der Waals surface area contributed by atoms with Crippen LogP contribution in [0.4, 0.5) is 0 Å². The molecule has 2 heterocycles. The average molecular weight is 560 g/mol. The number of benzene rings is 1. The molecule has 2 aromatic heterocycles. The fourth-order valence-corrected chi connectivity index (χ4v) is 3.85. The monoisotopic (exact) mass is 560 g/mol. The maximum absolute atomic E-state index is 6.34. The minimum absolute atomic E-state index is 0. The third-order valence-corrected chi connectivity index (χ3v) is 5.61. The van der Waals surface area contributed by atoms with Gasteiger partial charge in [-0.25, -0.2) is 15.0 Å². The second-order valence-corrected chi connectivity index (χ2v) is 8.18. The van der Waals surface area contributed by atoms with Crippen molar-refractivity contribution in [3.05, 3.63) is 71.9 Å². The van der Waals surface area contributed by atoms with Crippen molar-refractivity contribution in [1.82, 2.24) is 25.2 Å². The van der Waals surface area contributed by atoms with E-state index in [2.05, 4.69) is 52.6 Å². The Kier molecular flexibility index (Phi) is 9.53. The minimum atomic E-state index is 0. The van der Waals surface area contributed by atoms with Gasteiger partial charge in [-0.2, -0.15) is 0 Å². The molecule has 1 aliphatic carbocycles. The van der Waals surface area contributed by atoms with E-state index in [4.69, 9.17) is 9.73 Å². The van der Waals surface area contributed by atoms with Crippen LogP contribution in [0, 0.1) is 6.92 Å². The number of aliphatic imine (C=N–C) groups is 1. The maximum Gasteiger partial charge on any atom is 0.191 e. The molecule has 33 heavy (non-hydrogen) atoms. The van der Waals surface area contributed by atoms with Crippen molar-refractivity contribution in [2.45, 2.75) is 58.7 Å². The summed E-state index contributed by atoms with van der Waals surface area (Å²) in [6, 6.07) is 10.5. The van der Waals surface area contributed by atoms with E-state index in [1.165, 1.54) is 18.4 Å². The number of nitrogens with one attached hydrogen (secondary N) is 2. The molecule has 1 saturated carbocycles. The molecule has 0 saturated heterocycles. The highest BCUT2D eigenvalue weighted by Crippen LogP contribution is 2.27. The first-order valence-corrected chi connectivity index (χ1v) is 11.4. The summed E-state index contributed by atoms with van der Waals surface area (Å²) in [7, 11) is 0. The smallest absolute Gasteiger partial charge is 0.191 e. The molecule has 0 radical (unpaired) electrons. The molecule has 8 heteroatoms. The largest absolute Gasteiger partial charge is 0.490 e. The van der Waals surface area contributed by atoms with Gasteiger partial charge in [0.25, 0.3) is 0 Å². The summed E-state index contributed by atoms with van der Waals surface area (Å²) in [5.74, 6) is 2.60. The van der Waals surface area contributed by atoms with Gasteiger partial charge in [-0.15, -0.1) is 24.0 Å². The second kappa shape index (κ2) is 12.6. The SMILES string of the molecule is CCNC(=NCc1ccc(-n2ccnc2)nc1)NCc1ccc(C)cc1OC1CCCC1.I. The summed E-state index contributed by atoms with van der Waals surface area (Å²) in [4.78, 5) is 13.3. The third-order valence-electron chi connectivity index (χ3n) is 5.61. The molecule has 0 unspecified atom stereocenters. The average Bonchev–Trinajstić information content (AvgIpc) is 3.52. The lowest BCUT2D eigenvalue weighted by atomic mass is 10.1. The highest BCUT2D eigenvalue weighted by atomic mass is 127. The lowest BCUT2D eigenvalue weighted by Gasteiger charge is -2.18. The summed E-state index contributed by atoms with van der Waals surface area (Å²) in [5, 5.41) is 6.78. The molecule has 0 aliphatic heterocycles. The van der Waals surface area contributed by atoms with Crippen LogP contribution in [0.15, 0.2) is 60.2 Å². The van der Waals surface area contributed by atoms with Gasteiger partial charge in [0.05, 0.1) is 12.6 Å². The molecular weight excluding hydrogens is 527 g/mol. The lowest BCUT2D eigenvalue weighted by molar-refractivity contribution is 0.207. The Morgan fingerprint density at radius 2 is 2.03 bits per heavy atom. The summed E-state index contributed by atoms with van der Waals surface area (Å²) in [6.45, 7) is 6.18. The predicted molar refractivity (Wildman–Crippen MR) is 142 cm³/mol. The Labute approximate surface area is 213 Å². The van der Waals surface area contributed by atoms with Gasteiger partial charge < -0.3 is 15.4 Å². The van der Waals surface area contributed by atoms with E-state index in [9.17, 15) is 0 Å². The molecule has 3 aromatic rings. The van der Waals surface area contributed by atoms with E-state index in [0.29, 0.717) is 19.2 Å². The Morgan fingerprint density at radius 3 is 2.73 bits per heavy atom. The van der Waals surface area contributed by atoms with Crippen molar-refractivity contribution in [3.63, 3.8) is 0 Å². The summed E-state index contributed by atoms with van der Waals surface area (Å²) in [5.41, 5.74) is 3.42. The number of hydrogen-bond donors (Lipinski definition) is 2. The van der Waals surface area contributed by atoms with Gasteiger partial charge in [-0.3, -0.25) is 4.57 Å². The van der Waals surface area contributed by atoms with E-state index in [0.717, 1.165) is 48.0 Å². The number of nitrogens with zero attached hydrogens (tertiary/aromatic N) is 4. The van der Waals surface area contributed by atoms with E-state index >= 15 is 0 Å². The fraction of sp³-hybridized carbons (Fsp3) is 0.400. The first kappa shape index (κ1) is 25.0. The second-order valence-electron chi connectivity index (χ2n) is 8.18. The zero-order valence-corrected chi connectivity index (χ0v) is 21.7. The van der Waals surface area contributed by atoms with Crippen LogP contribution in [-0.2, 0) is 13.1 Å². The molecule has 0 bridgehead atoms. The topological polar surface area (TPSA) is 76.4 Å². The van der Waals surface area contributed by atoms with Crippen LogP contribution < -0.4 is 15.4 Å². The van der Waals surface area contributed by atoms with Gasteiger partial charge in [0.1, 0.15) is 17.9 Å². The number of ether oxygens (including phenoxy) is 1. The molecule has 1 aromatic carbocycles. The van der Waals surface area contributed by atoms with E-state index in [1.54, 1.807) is 12.5 Å². The van der Waals surface area contributed by atoms with Crippen LogP contribution in [-0.4, -0.2) is 33.1 Å². The number of imidazole rings is 1. The number of aryl methyl sites for hydroxylation is 1. The highest BCUT2D eigenvalue weighted by Gasteiger charge is 2.18. The number of hydrogen-bond acceptors (Lipinski definition) is 4. The standard InChI is InChI=1S/C25H32N6O.HI/c1-3-27-25(29-16-20-9-11-24(28-15-20)31-13-12-26-18-31)30-17-21-10-8-19(2)14-23(21)32-22-6-4-5-7-22;/h8-15,18,22H,3-7,16-17H2,1-2H3,(H2,27,29,30);1H.